The molecule has 30 heavy (non-hydrogen) atoms. The summed E-state index contributed by atoms with van der Waals surface area (Å²) in [5.74, 6) is 0.311. The normalized spacial score (nSPS) is 21.0. The van der Waals surface area contributed by atoms with Crippen LogP contribution in [0.2, 0.25) is 0 Å². The van der Waals surface area contributed by atoms with Crippen molar-refractivity contribution < 1.29 is 4.79 Å². The van der Waals surface area contributed by atoms with Gasteiger partial charge >= 0.3 is 0 Å². The lowest BCUT2D eigenvalue weighted by Crippen LogP contribution is -2.53. The van der Waals surface area contributed by atoms with Gasteiger partial charge in [-0.1, -0.05) is 61.4 Å². The quantitative estimate of drug-likeness (QED) is 0.777. The van der Waals surface area contributed by atoms with Crippen LogP contribution in [0.15, 0.2) is 48.5 Å². The summed E-state index contributed by atoms with van der Waals surface area (Å²) >= 11 is 0. The molecule has 4 nitrogen and oxygen atoms in total. The lowest BCUT2D eigenvalue weighted by molar-refractivity contribution is -0.134. The molecule has 1 saturated carbocycles. The van der Waals surface area contributed by atoms with Gasteiger partial charge in [-0.25, -0.2) is 0 Å². The zero-order valence-electron chi connectivity index (χ0n) is 17.9. The first kappa shape index (κ1) is 19.8. The Bertz CT molecular complexity index is 867. The molecule has 4 heteroatoms. The maximum atomic E-state index is 12.9. The number of fused-ring (bicyclic) bond motifs is 1. The average molecular weight is 404 g/mol. The van der Waals surface area contributed by atoms with Crippen LogP contribution in [0.4, 0.5) is 0 Å². The van der Waals surface area contributed by atoms with E-state index < -0.39 is 0 Å². The van der Waals surface area contributed by atoms with Crippen LogP contribution < -0.4 is 0 Å². The van der Waals surface area contributed by atoms with Crippen molar-refractivity contribution in [2.24, 2.45) is 0 Å². The number of hydrogen-bond acceptors (Lipinski definition) is 3. The Morgan fingerprint density at radius 2 is 1.60 bits per heavy atom. The highest BCUT2D eigenvalue weighted by Gasteiger charge is 2.29. The fourth-order valence-electron chi connectivity index (χ4n) is 5.45. The summed E-state index contributed by atoms with van der Waals surface area (Å²) in [7, 11) is 0. The lowest BCUT2D eigenvalue weighted by atomic mass is 9.94. The number of hydrogen-bond donors (Lipinski definition) is 0. The lowest BCUT2D eigenvalue weighted by Gasteiger charge is -2.39. The Labute approximate surface area is 180 Å². The van der Waals surface area contributed by atoms with E-state index in [1.165, 1.54) is 47.9 Å². The number of nitrogens with zero attached hydrogens (tertiary/aromatic N) is 3. The highest BCUT2D eigenvalue weighted by molar-refractivity contribution is 5.78. The maximum Gasteiger partial charge on any atom is 0.236 e. The van der Waals surface area contributed by atoms with Crippen LogP contribution in [0.25, 0.3) is 11.1 Å². The minimum atomic E-state index is 0.311. The molecule has 3 aliphatic rings. The standard InChI is InChI=1S/C26H33N3O/c30-26(29-16-14-28(15-17-29)25-8-4-5-9-25)20-27-13-12-23-18-22(10-11-24(23)19-27)21-6-2-1-3-7-21/h1-3,6-7,10-11,18,25H,4-5,8-9,12-17,19-20H2. The Balaban J connectivity index is 1.15. The molecule has 2 aliphatic heterocycles. The van der Waals surface area contributed by atoms with Crippen molar-refractivity contribution in [2.45, 2.75) is 44.7 Å². The van der Waals surface area contributed by atoms with Gasteiger partial charge in [-0.3, -0.25) is 14.6 Å². The number of benzene rings is 2. The molecule has 5 rings (SSSR count). The molecule has 0 radical (unpaired) electrons. The zero-order valence-corrected chi connectivity index (χ0v) is 17.9. The summed E-state index contributed by atoms with van der Waals surface area (Å²) in [6.07, 6.45) is 6.50. The fourth-order valence-corrected chi connectivity index (χ4v) is 5.45. The fraction of sp³-hybridized carbons (Fsp3) is 0.500. The second kappa shape index (κ2) is 8.91. The first-order valence-electron chi connectivity index (χ1n) is 11.7. The van der Waals surface area contributed by atoms with Crippen molar-refractivity contribution in [1.29, 1.82) is 0 Å². The van der Waals surface area contributed by atoms with Gasteiger partial charge in [0, 0.05) is 45.3 Å². The van der Waals surface area contributed by atoms with Crippen LogP contribution in [0, 0.1) is 0 Å². The van der Waals surface area contributed by atoms with Crippen molar-refractivity contribution in [3.63, 3.8) is 0 Å². The van der Waals surface area contributed by atoms with Gasteiger partial charge in [0.2, 0.25) is 5.91 Å². The summed E-state index contributed by atoms with van der Waals surface area (Å²) in [4.78, 5) is 20.0. The first-order chi connectivity index (χ1) is 14.8. The van der Waals surface area contributed by atoms with E-state index in [0.717, 1.165) is 51.7 Å². The Morgan fingerprint density at radius 1 is 0.833 bits per heavy atom. The molecule has 0 atom stereocenters. The van der Waals surface area contributed by atoms with Crippen molar-refractivity contribution in [3.05, 3.63) is 59.7 Å². The highest BCUT2D eigenvalue weighted by atomic mass is 16.2. The van der Waals surface area contributed by atoms with E-state index in [0.29, 0.717) is 12.5 Å². The Morgan fingerprint density at radius 3 is 2.37 bits per heavy atom. The molecule has 0 aromatic heterocycles. The Hall–Kier alpha value is -2.17. The van der Waals surface area contributed by atoms with Gasteiger partial charge in [-0.05, 0) is 41.5 Å². The SMILES string of the molecule is O=C(CN1CCc2cc(-c3ccccc3)ccc2C1)N1CCN(C2CCCC2)CC1. The van der Waals surface area contributed by atoms with Crippen LogP contribution in [0.3, 0.4) is 0 Å². The average Bonchev–Trinajstić information content (AvgIpc) is 3.34. The van der Waals surface area contributed by atoms with Crippen LogP contribution in [0.1, 0.15) is 36.8 Å². The topological polar surface area (TPSA) is 26.8 Å². The molecule has 0 spiro atoms. The maximum absolute atomic E-state index is 12.9. The second-order valence-corrected chi connectivity index (χ2v) is 9.17. The molecule has 1 aliphatic carbocycles. The van der Waals surface area contributed by atoms with Crippen LogP contribution in [0.5, 0.6) is 0 Å². The summed E-state index contributed by atoms with van der Waals surface area (Å²) in [5.41, 5.74) is 5.37. The largest absolute Gasteiger partial charge is 0.339 e. The van der Waals surface area contributed by atoms with Gasteiger partial charge in [0.15, 0.2) is 0 Å². The molecule has 2 heterocycles. The minimum absolute atomic E-state index is 0.311. The van der Waals surface area contributed by atoms with E-state index in [-0.39, 0.29) is 0 Å². The van der Waals surface area contributed by atoms with Crippen molar-refractivity contribution in [1.82, 2.24) is 14.7 Å². The third kappa shape index (κ3) is 4.30. The molecule has 158 valence electrons. The molecule has 0 bridgehead atoms. The van der Waals surface area contributed by atoms with Crippen molar-refractivity contribution >= 4 is 5.91 Å². The van der Waals surface area contributed by atoms with E-state index in [2.05, 4.69) is 63.2 Å². The molecule has 2 fully saturated rings. The molecular weight excluding hydrogens is 370 g/mol. The van der Waals surface area contributed by atoms with Crippen LogP contribution in [-0.4, -0.2) is 65.9 Å². The predicted octanol–water partition coefficient (Wildman–Crippen LogP) is 3.80. The van der Waals surface area contributed by atoms with E-state index in [1.807, 2.05) is 0 Å². The number of amides is 1. The molecule has 0 N–H and O–H groups in total. The summed E-state index contributed by atoms with van der Waals surface area (Å²) in [6, 6.07) is 18.2. The van der Waals surface area contributed by atoms with Gasteiger partial charge in [-0.15, -0.1) is 0 Å². The highest BCUT2D eigenvalue weighted by Crippen LogP contribution is 2.27. The molecule has 2 aromatic carbocycles. The van der Waals surface area contributed by atoms with Gasteiger partial charge in [0.1, 0.15) is 0 Å². The minimum Gasteiger partial charge on any atom is -0.339 e. The third-order valence-electron chi connectivity index (χ3n) is 7.27. The number of carbonyl (C=O) groups excluding carboxylic acids is 1. The van der Waals surface area contributed by atoms with Crippen molar-refractivity contribution in [3.8, 4) is 11.1 Å². The molecule has 0 unspecified atom stereocenters. The predicted molar refractivity (Wildman–Crippen MR) is 121 cm³/mol. The van der Waals surface area contributed by atoms with E-state index in [1.54, 1.807) is 0 Å². The van der Waals surface area contributed by atoms with Gasteiger partial charge < -0.3 is 4.90 Å². The molecule has 2 aromatic rings. The number of piperazine rings is 1. The van der Waals surface area contributed by atoms with Gasteiger partial charge in [0.25, 0.3) is 0 Å². The summed E-state index contributed by atoms with van der Waals surface area (Å²) in [6.45, 7) is 6.34. The summed E-state index contributed by atoms with van der Waals surface area (Å²) < 4.78 is 0. The monoisotopic (exact) mass is 403 g/mol. The number of carbonyl (C=O) groups is 1. The number of rotatable bonds is 4. The zero-order chi connectivity index (χ0) is 20.3. The van der Waals surface area contributed by atoms with E-state index in [9.17, 15) is 4.79 Å². The van der Waals surface area contributed by atoms with Crippen molar-refractivity contribution in [2.75, 3.05) is 39.3 Å². The van der Waals surface area contributed by atoms with Crippen LogP contribution in [-0.2, 0) is 17.8 Å². The smallest absolute Gasteiger partial charge is 0.236 e. The van der Waals surface area contributed by atoms with E-state index >= 15 is 0 Å². The third-order valence-corrected chi connectivity index (χ3v) is 7.27. The first-order valence-corrected chi connectivity index (χ1v) is 11.7. The van der Waals surface area contributed by atoms with E-state index in [4.69, 9.17) is 0 Å². The molecule has 1 saturated heterocycles. The van der Waals surface area contributed by atoms with Gasteiger partial charge in [-0.2, -0.15) is 0 Å². The van der Waals surface area contributed by atoms with Gasteiger partial charge in [0.05, 0.1) is 6.54 Å². The molecular formula is C26H33N3O. The molecule has 1 amide bonds. The second-order valence-electron chi connectivity index (χ2n) is 9.17. The summed E-state index contributed by atoms with van der Waals surface area (Å²) in [5, 5.41) is 0. The van der Waals surface area contributed by atoms with Crippen LogP contribution >= 0.6 is 0 Å². The Kier molecular flexibility index (Phi) is 5.87.